The van der Waals surface area contributed by atoms with Gasteiger partial charge in [-0.3, -0.25) is 8.78 Å². The van der Waals surface area contributed by atoms with E-state index < -0.39 is 29.1 Å². The first kappa shape index (κ1) is 33.3. The third kappa shape index (κ3) is 13.6. The van der Waals surface area contributed by atoms with Crippen molar-refractivity contribution >= 4 is 8.41 Å². The topological polar surface area (TPSA) is 0 Å². The Bertz CT molecular complexity index is 937. The molecule has 4 aromatic carbocycles. The molecule has 0 bridgehead atoms. The number of benzene rings is 4. The van der Waals surface area contributed by atoms with E-state index in [1.54, 1.807) is 0 Å². The molecule has 0 nitrogen and oxygen atoms in total. The van der Waals surface area contributed by atoms with Gasteiger partial charge in [-0.05, 0) is 0 Å². The summed E-state index contributed by atoms with van der Waals surface area (Å²) in [6.07, 6.45) is 0. The molecule has 3 radical (unpaired) electrons. The van der Waals surface area contributed by atoms with Gasteiger partial charge in [-0.25, -0.2) is 26.3 Å². The van der Waals surface area contributed by atoms with Crippen molar-refractivity contribution in [2.45, 2.75) is 0 Å². The van der Waals surface area contributed by atoms with Gasteiger partial charge in [0.05, 0.1) is 29.1 Å². The second-order valence-electron chi connectivity index (χ2n) is 5.35. The van der Waals surface area contributed by atoms with E-state index in [0.717, 1.165) is 6.07 Å². The van der Waals surface area contributed by atoms with Crippen LogP contribution in [0, 0.1) is 70.8 Å². The first-order chi connectivity index (χ1) is 15.2. The summed E-state index contributed by atoms with van der Waals surface area (Å²) in [7, 11) is 0. The average molecular weight is 571 g/mol. The predicted octanol–water partition coefficient (Wildman–Crippen LogP) is 6.68. The van der Waals surface area contributed by atoms with Crippen LogP contribution in [0.2, 0.25) is 0 Å². The summed E-state index contributed by atoms with van der Waals surface area (Å²) in [6.45, 7) is 0. The Morgan fingerprint density at radius 2 is 0.647 bits per heavy atom. The maximum Gasteiger partial charge on any atom is 1.00 e. The Hall–Kier alpha value is -2.87. The van der Waals surface area contributed by atoms with Gasteiger partial charge in [0.25, 0.3) is 0 Å². The Labute approximate surface area is 209 Å². The van der Waals surface area contributed by atoms with Gasteiger partial charge in [-0.1, -0.05) is 0 Å². The zero-order chi connectivity index (χ0) is 23.9. The van der Waals surface area contributed by atoms with Crippen molar-refractivity contribution in [2.24, 2.45) is 0 Å². The van der Waals surface area contributed by atoms with Crippen LogP contribution < -0.4 is 0 Å². The van der Waals surface area contributed by atoms with Gasteiger partial charge in [0.15, 0.2) is 0 Å². The molecule has 10 heteroatoms. The van der Waals surface area contributed by atoms with Crippen molar-refractivity contribution in [2.75, 3.05) is 0 Å². The summed E-state index contributed by atoms with van der Waals surface area (Å²) < 4.78 is 95.5. The minimum Gasteiger partial charge on any atom is -0.278 e. The van der Waals surface area contributed by atoms with E-state index in [1.165, 1.54) is 72.8 Å². The van der Waals surface area contributed by atoms with Gasteiger partial charge in [0, 0.05) is 25.9 Å². The summed E-state index contributed by atoms with van der Waals surface area (Å²) in [6, 6.07) is 26.5. The van der Waals surface area contributed by atoms with Gasteiger partial charge in [0.1, 0.15) is 0 Å². The average Bonchev–Trinajstić information content (AvgIpc) is 2.79. The Morgan fingerprint density at radius 3 is 0.824 bits per heavy atom. The molecule has 0 aliphatic carbocycles. The number of hydrogen-bond donors (Lipinski definition) is 0. The van der Waals surface area contributed by atoms with Crippen molar-refractivity contribution in [1.82, 2.24) is 0 Å². The molecule has 4 aromatic rings. The normalized spacial score (nSPS) is 8.71. The zero-order valence-corrected chi connectivity index (χ0v) is 18.3. The molecule has 0 aliphatic rings. The molecule has 0 spiro atoms. The van der Waals surface area contributed by atoms with Crippen molar-refractivity contribution in [1.29, 1.82) is 0 Å². The van der Waals surface area contributed by atoms with Gasteiger partial charge < -0.3 is 0 Å². The molecular formula is C24H12AgBF8-3. The summed E-state index contributed by atoms with van der Waals surface area (Å²) >= 11 is 0. The fourth-order valence-electron chi connectivity index (χ4n) is 1.59. The molecule has 0 heterocycles. The van der Waals surface area contributed by atoms with Gasteiger partial charge in [-0.2, -0.15) is 54.6 Å². The Morgan fingerprint density at radius 1 is 0.412 bits per heavy atom. The van der Waals surface area contributed by atoms with E-state index in [-0.39, 0.29) is 48.2 Å². The molecule has 0 aliphatic heterocycles. The monoisotopic (exact) mass is 570 g/mol. The van der Waals surface area contributed by atoms with E-state index in [9.17, 15) is 35.1 Å². The van der Waals surface area contributed by atoms with Crippen LogP contribution in [0.3, 0.4) is 0 Å². The second kappa shape index (κ2) is 18.5. The maximum absolute atomic E-state index is 12.0. The van der Waals surface area contributed by atoms with Crippen LogP contribution in [-0.2, 0) is 22.4 Å². The molecule has 0 unspecified atom stereocenters. The molecule has 0 saturated carbocycles. The molecule has 0 fully saturated rings. The minimum atomic E-state index is -2.17. The van der Waals surface area contributed by atoms with E-state index in [2.05, 4.69) is 18.2 Å². The van der Waals surface area contributed by atoms with Crippen LogP contribution in [0.4, 0.5) is 35.1 Å². The molecule has 0 aromatic heterocycles. The van der Waals surface area contributed by atoms with Crippen LogP contribution >= 0.6 is 0 Å². The number of hydrogen-bond acceptors (Lipinski definition) is 0. The Balaban J connectivity index is 0. The SMILES string of the molecule is Fc1[c-]c(F)c(F)c(F)c1F.Fc1cc[c-]cc1.Fc1cc[c-]cc1.Fc1cc[c-]cc1.[Ag+].[B]. The fraction of sp³-hybridized carbons (Fsp3) is 0. The maximum atomic E-state index is 12.0. The van der Waals surface area contributed by atoms with Crippen LogP contribution in [0.1, 0.15) is 0 Å². The zero-order valence-electron chi connectivity index (χ0n) is 16.8. The predicted molar refractivity (Wildman–Crippen MR) is 107 cm³/mol. The second-order valence-corrected chi connectivity index (χ2v) is 5.35. The number of rotatable bonds is 0. The molecule has 4 rings (SSSR count). The number of halogens is 8. The largest absolute Gasteiger partial charge is 1.00 e. The van der Waals surface area contributed by atoms with Gasteiger partial charge in [-0.15, -0.1) is 42.5 Å². The van der Waals surface area contributed by atoms with E-state index in [1.807, 2.05) is 0 Å². The molecule has 0 amide bonds. The van der Waals surface area contributed by atoms with Crippen molar-refractivity contribution in [3.05, 3.63) is 144 Å². The first-order valence-corrected chi connectivity index (χ1v) is 8.48. The molecular weight excluding hydrogens is 559 g/mol. The van der Waals surface area contributed by atoms with E-state index >= 15 is 0 Å². The van der Waals surface area contributed by atoms with Crippen molar-refractivity contribution in [3.63, 3.8) is 0 Å². The summed E-state index contributed by atoms with van der Waals surface area (Å²) in [5.41, 5.74) is 0. The third-order valence-electron chi connectivity index (χ3n) is 3.02. The summed E-state index contributed by atoms with van der Waals surface area (Å²) in [4.78, 5) is 0. The van der Waals surface area contributed by atoms with Gasteiger partial charge >= 0.3 is 22.4 Å². The standard InChI is InChI=1S/C6F5.3C6H4F.Ag.B/c7-2-1-3(8)5(10)6(11)4(2)9;3*7-6-4-2-1-3-5-6;;/h;3*2-5H;;/q4*-1;+1;. The Kier molecular flexibility index (Phi) is 18.2. The van der Waals surface area contributed by atoms with E-state index in [0.29, 0.717) is 0 Å². The smallest absolute Gasteiger partial charge is 0.278 e. The molecule has 34 heavy (non-hydrogen) atoms. The summed E-state index contributed by atoms with van der Waals surface area (Å²) in [5.74, 6) is -10.7. The molecule has 0 atom stereocenters. The van der Waals surface area contributed by atoms with Gasteiger partial charge in [0.2, 0.25) is 0 Å². The van der Waals surface area contributed by atoms with Crippen LogP contribution in [0.15, 0.2) is 72.8 Å². The van der Waals surface area contributed by atoms with Crippen LogP contribution in [-0.4, -0.2) is 8.41 Å². The third-order valence-corrected chi connectivity index (χ3v) is 3.02. The molecule has 0 N–H and O–H groups in total. The fourth-order valence-corrected chi connectivity index (χ4v) is 1.59. The summed E-state index contributed by atoms with van der Waals surface area (Å²) in [5, 5.41) is 0. The first-order valence-electron chi connectivity index (χ1n) is 8.48. The van der Waals surface area contributed by atoms with E-state index in [4.69, 9.17) is 0 Å². The minimum absolute atomic E-state index is 0. The van der Waals surface area contributed by atoms with Crippen molar-refractivity contribution in [3.8, 4) is 0 Å². The quantitative estimate of drug-likeness (QED) is 0.0728. The van der Waals surface area contributed by atoms with Crippen LogP contribution in [0.5, 0.6) is 0 Å². The molecule has 181 valence electrons. The molecule has 0 saturated heterocycles. The van der Waals surface area contributed by atoms with Crippen LogP contribution in [0.25, 0.3) is 0 Å². The van der Waals surface area contributed by atoms with Crippen molar-refractivity contribution < 1.29 is 57.5 Å².